The highest BCUT2D eigenvalue weighted by Gasteiger charge is 2.19. The summed E-state index contributed by atoms with van der Waals surface area (Å²) in [5, 5.41) is 0. The standard InChI is InChI=1S/C30H28FNO4S/c1-22(2)20-32(30(33)26-12-10-25(11-13-26)24-6-4-3-5-7-24)21-23-8-16-28(17-9-23)36-37(34,35)29-18-14-27(31)15-19-29/h3-19,22H,20-21H2,1-2H3. The quantitative estimate of drug-likeness (QED) is 0.236. The molecule has 0 aliphatic carbocycles. The maximum Gasteiger partial charge on any atom is 0.339 e. The predicted molar refractivity (Wildman–Crippen MR) is 142 cm³/mol. The van der Waals surface area contributed by atoms with Crippen LogP contribution in [-0.4, -0.2) is 25.8 Å². The lowest BCUT2D eigenvalue weighted by Crippen LogP contribution is -2.33. The number of amides is 1. The molecule has 37 heavy (non-hydrogen) atoms. The lowest BCUT2D eigenvalue weighted by molar-refractivity contribution is 0.0722. The van der Waals surface area contributed by atoms with E-state index in [1.54, 1.807) is 29.2 Å². The first-order valence-corrected chi connectivity index (χ1v) is 13.4. The molecule has 0 aliphatic rings. The molecule has 0 fully saturated rings. The monoisotopic (exact) mass is 517 g/mol. The Bertz CT molecular complexity index is 1430. The van der Waals surface area contributed by atoms with Crippen molar-refractivity contribution in [3.8, 4) is 16.9 Å². The van der Waals surface area contributed by atoms with Crippen molar-refractivity contribution < 1.29 is 21.8 Å². The molecule has 4 aromatic rings. The number of carbonyl (C=O) groups excluding carboxylic acids is 1. The van der Waals surface area contributed by atoms with Gasteiger partial charge in [0.1, 0.15) is 16.5 Å². The van der Waals surface area contributed by atoms with E-state index in [4.69, 9.17) is 4.18 Å². The van der Waals surface area contributed by atoms with E-state index in [1.807, 2.05) is 54.6 Å². The first kappa shape index (κ1) is 26.1. The molecule has 4 aromatic carbocycles. The Morgan fingerprint density at radius 3 is 2.00 bits per heavy atom. The number of carbonyl (C=O) groups is 1. The zero-order chi connectivity index (χ0) is 26.4. The highest BCUT2D eigenvalue weighted by Crippen LogP contribution is 2.23. The number of hydrogen-bond acceptors (Lipinski definition) is 4. The van der Waals surface area contributed by atoms with Gasteiger partial charge in [0.2, 0.25) is 0 Å². The molecule has 4 rings (SSSR count). The third-order valence-electron chi connectivity index (χ3n) is 5.72. The molecule has 0 bridgehead atoms. The van der Waals surface area contributed by atoms with Gasteiger partial charge in [-0.15, -0.1) is 0 Å². The fraction of sp³-hybridized carbons (Fsp3) is 0.167. The Kier molecular flexibility index (Phi) is 8.04. The first-order chi connectivity index (χ1) is 17.7. The molecule has 190 valence electrons. The van der Waals surface area contributed by atoms with Gasteiger partial charge in [-0.05, 0) is 71.1 Å². The molecule has 0 heterocycles. The molecule has 0 saturated heterocycles. The van der Waals surface area contributed by atoms with Crippen LogP contribution in [0.2, 0.25) is 0 Å². The second-order valence-electron chi connectivity index (χ2n) is 9.16. The Balaban J connectivity index is 1.47. The van der Waals surface area contributed by atoms with Gasteiger partial charge in [0.15, 0.2) is 0 Å². The molecule has 0 unspecified atom stereocenters. The van der Waals surface area contributed by atoms with E-state index in [9.17, 15) is 17.6 Å². The maximum absolute atomic E-state index is 13.4. The normalized spacial score (nSPS) is 11.4. The molecule has 0 radical (unpaired) electrons. The molecule has 0 saturated carbocycles. The van der Waals surface area contributed by atoms with E-state index >= 15 is 0 Å². The van der Waals surface area contributed by atoms with Crippen molar-refractivity contribution in [2.45, 2.75) is 25.3 Å². The lowest BCUT2D eigenvalue weighted by Gasteiger charge is -2.25. The van der Waals surface area contributed by atoms with Gasteiger partial charge in [-0.1, -0.05) is 68.4 Å². The molecule has 0 atom stereocenters. The van der Waals surface area contributed by atoms with Crippen molar-refractivity contribution in [1.82, 2.24) is 4.90 Å². The van der Waals surface area contributed by atoms with Crippen molar-refractivity contribution in [1.29, 1.82) is 0 Å². The molecule has 0 spiro atoms. The van der Waals surface area contributed by atoms with Crippen LogP contribution in [0, 0.1) is 11.7 Å². The Morgan fingerprint density at radius 2 is 1.41 bits per heavy atom. The van der Waals surface area contributed by atoms with Crippen LogP contribution in [0.3, 0.4) is 0 Å². The van der Waals surface area contributed by atoms with Crippen LogP contribution in [0.4, 0.5) is 4.39 Å². The number of rotatable bonds is 9. The molecule has 0 aliphatic heterocycles. The summed E-state index contributed by atoms with van der Waals surface area (Å²) < 4.78 is 43.2. The van der Waals surface area contributed by atoms with Crippen LogP contribution in [0.25, 0.3) is 11.1 Å². The smallest absolute Gasteiger partial charge is 0.339 e. The summed E-state index contributed by atoms with van der Waals surface area (Å²) >= 11 is 0. The summed E-state index contributed by atoms with van der Waals surface area (Å²) in [5.41, 5.74) is 3.56. The molecular weight excluding hydrogens is 489 g/mol. The first-order valence-electron chi connectivity index (χ1n) is 11.9. The number of benzene rings is 4. The zero-order valence-electron chi connectivity index (χ0n) is 20.7. The zero-order valence-corrected chi connectivity index (χ0v) is 21.5. The minimum Gasteiger partial charge on any atom is -0.379 e. The summed E-state index contributed by atoms with van der Waals surface area (Å²) in [7, 11) is -4.09. The highest BCUT2D eigenvalue weighted by molar-refractivity contribution is 7.87. The minimum atomic E-state index is -4.09. The maximum atomic E-state index is 13.4. The Morgan fingerprint density at radius 1 is 0.811 bits per heavy atom. The van der Waals surface area contributed by atoms with Crippen molar-refractivity contribution in [3.63, 3.8) is 0 Å². The number of halogens is 1. The van der Waals surface area contributed by atoms with E-state index < -0.39 is 15.9 Å². The third kappa shape index (κ3) is 6.83. The van der Waals surface area contributed by atoms with Crippen LogP contribution in [0.15, 0.2) is 108 Å². The molecule has 1 amide bonds. The highest BCUT2D eigenvalue weighted by atomic mass is 32.2. The Labute approximate surface area is 217 Å². The Hall–Kier alpha value is -3.97. The van der Waals surface area contributed by atoms with Crippen molar-refractivity contribution in [2.75, 3.05) is 6.54 Å². The second kappa shape index (κ2) is 11.4. The van der Waals surface area contributed by atoms with Gasteiger partial charge in [-0.25, -0.2) is 4.39 Å². The molecule has 5 nitrogen and oxygen atoms in total. The van der Waals surface area contributed by atoms with Gasteiger partial charge in [-0.2, -0.15) is 8.42 Å². The van der Waals surface area contributed by atoms with Crippen LogP contribution in [0.5, 0.6) is 5.75 Å². The van der Waals surface area contributed by atoms with E-state index in [2.05, 4.69) is 13.8 Å². The summed E-state index contributed by atoms with van der Waals surface area (Å²) in [6, 6.07) is 28.5. The van der Waals surface area contributed by atoms with Gasteiger partial charge in [0.25, 0.3) is 5.91 Å². The molecule has 0 N–H and O–H groups in total. The average Bonchev–Trinajstić information content (AvgIpc) is 2.89. The minimum absolute atomic E-state index is 0.0764. The summed E-state index contributed by atoms with van der Waals surface area (Å²) in [5.74, 6) is -0.217. The fourth-order valence-electron chi connectivity index (χ4n) is 3.93. The van der Waals surface area contributed by atoms with Gasteiger partial charge in [0.05, 0.1) is 0 Å². The predicted octanol–water partition coefficient (Wildman–Crippen LogP) is 6.56. The van der Waals surface area contributed by atoms with E-state index in [-0.39, 0.29) is 22.5 Å². The largest absolute Gasteiger partial charge is 0.379 e. The van der Waals surface area contributed by atoms with Gasteiger partial charge in [-0.3, -0.25) is 4.79 Å². The van der Waals surface area contributed by atoms with E-state index in [0.717, 1.165) is 41.0 Å². The van der Waals surface area contributed by atoms with Crippen LogP contribution >= 0.6 is 0 Å². The third-order valence-corrected chi connectivity index (χ3v) is 6.98. The second-order valence-corrected chi connectivity index (χ2v) is 10.7. The van der Waals surface area contributed by atoms with Gasteiger partial charge >= 0.3 is 10.1 Å². The average molecular weight is 518 g/mol. The van der Waals surface area contributed by atoms with Gasteiger partial charge in [0, 0.05) is 18.7 Å². The van der Waals surface area contributed by atoms with Crippen molar-refractivity contribution >= 4 is 16.0 Å². The molecule has 7 heteroatoms. The topological polar surface area (TPSA) is 63.7 Å². The summed E-state index contributed by atoms with van der Waals surface area (Å²) in [6.45, 7) is 5.03. The van der Waals surface area contributed by atoms with Crippen LogP contribution in [-0.2, 0) is 16.7 Å². The van der Waals surface area contributed by atoms with Crippen molar-refractivity contribution in [2.24, 2.45) is 5.92 Å². The molecular formula is C30H28FNO4S. The number of hydrogen-bond donors (Lipinski definition) is 0. The fourth-order valence-corrected chi connectivity index (χ4v) is 4.86. The number of nitrogens with zero attached hydrogens (tertiary/aromatic N) is 1. The summed E-state index contributed by atoms with van der Waals surface area (Å²) in [6.07, 6.45) is 0. The SMILES string of the molecule is CC(C)CN(Cc1ccc(OS(=O)(=O)c2ccc(F)cc2)cc1)C(=O)c1ccc(-c2ccccc2)cc1. The van der Waals surface area contributed by atoms with Crippen molar-refractivity contribution in [3.05, 3.63) is 120 Å². The van der Waals surface area contributed by atoms with Crippen LogP contribution < -0.4 is 4.18 Å². The van der Waals surface area contributed by atoms with Gasteiger partial charge < -0.3 is 9.08 Å². The molecule has 0 aromatic heterocycles. The lowest BCUT2D eigenvalue weighted by atomic mass is 10.0. The van der Waals surface area contributed by atoms with E-state index in [1.165, 1.54) is 0 Å². The van der Waals surface area contributed by atoms with E-state index in [0.29, 0.717) is 18.7 Å². The summed E-state index contributed by atoms with van der Waals surface area (Å²) in [4.78, 5) is 15.0. The van der Waals surface area contributed by atoms with Crippen LogP contribution in [0.1, 0.15) is 29.8 Å².